The molecule has 0 radical (unpaired) electrons. The van der Waals surface area contributed by atoms with E-state index in [0.29, 0.717) is 5.92 Å². The first-order chi connectivity index (χ1) is 6.36. The van der Waals surface area contributed by atoms with Crippen LogP contribution >= 0.6 is 0 Å². The quantitative estimate of drug-likeness (QED) is 0.623. The third-order valence-electron chi connectivity index (χ3n) is 2.39. The third kappa shape index (κ3) is 1.17. The Kier molecular flexibility index (Phi) is 1.93. The van der Waals surface area contributed by atoms with Crippen LogP contribution in [0.25, 0.3) is 6.08 Å². The van der Waals surface area contributed by atoms with Gasteiger partial charge in [0.1, 0.15) is 5.75 Å². The van der Waals surface area contributed by atoms with E-state index in [-0.39, 0.29) is 0 Å². The van der Waals surface area contributed by atoms with Gasteiger partial charge in [-0.3, -0.25) is 0 Å². The Bertz CT molecular complexity index is 363. The summed E-state index contributed by atoms with van der Waals surface area (Å²) < 4.78 is 5.30. The molecule has 66 valence electrons. The van der Waals surface area contributed by atoms with Gasteiger partial charge in [0.05, 0.1) is 7.11 Å². The van der Waals surface area contributed by atoms with Gasteiger partial charge in [-0.1, -0.05) is 30.4 Å². The summed E-state index contributed by atoms with van der Waals surface area (Å²) in [6, 6.07) is 6.09. The minimum atomic E-state index is 0.311. The zero-order valence-corrected chi connectivity index (χ0v) is 7.66. The number of rotatable bonds is 2. The van der Waals surface area contributed by atoms with Gasteiger partial charge in [-0.2, -0.15) is 0 Å². The van der Waals surface area contributed by atoms with Gasteiger partial charge in [-0.25, -0.2) is 0 Å². The summed E-state index contributed by atoms with van der Waals surface area (Å²) in [6.07, 6.45) is 6.19. The lowest BCUT2D eigenvalue weighted by molar-refractivity contribution is 0.410. The van der Waals surface area contributed by atoms with Crippen molar-refractivity contribution >= 4 is 6.08 Å². The summed E-state index contributed by atoms with van der Waals surface area (Å²) in [7, 11) is 1.70. The first-order valence-electron chi connectivity index (χ1n) is 4.34. The zero-order chi connectivity index (χ0) is 9.26. The van der Waals surface area contributed by atoms with E-state index in [4.69, 9.17) is 4.74 Å². The van der Waals surface area contributed by atoms with E-state index >= 15 is 0 Å². The van der Waals surface area contributed by atoms with Crippen LogP contribution in [0.4, 0.5) is 0 Å². The highest BCUT2D eigenvalue weighted by molar-refractivity contribution is 5.67. The number of fused-ring (bicyclic) bond motifs is 1. The Morgan fingerprint density at radius 2 is 2.31 bits per heavy atom. The van der Waals surface area contributed by atoms with E-state index < -0.39 is 0 Å². The summed E-state index contributed by atoms with van der Waals surface area (Å²) in [5.41, 5.74) is 2.48. The lowest BCUT2D eigenvalue weighted by Gasteiger charge is -2.10. The monoisotopic (exact) mass is 172 g/mol. The molecule has 0 saturated heterocycles. The Balaban J connectivity index is 2.56. The maximum absolute atomic E-state index is 5.30. The largest absolute Gasteiger partial charge is 0.496 e. The Morgan fingerprint density at radius 3 is 3.00 bits per heavy atom. The van der Waals surface area contributed by atoms with Gasteiger partial charge in [-0.05, 0) is 11.6 Å². The van der Waals surface area contributed by atoms with Gasteiger partial charge >= 0.3 is 0 Å². The maximum Gasteiger partial charge on any atom is 0.123 e. The molecular weight excluding hydrogens is 160 g/mol. The summed E-state index contributed by atoms with van der Waals surface area (Å²) >= 11 is 0. The molecular formula is C12H12O. The molecule has 1 unspecified atom stereocenters. The van der Waals surface area contributed by atoms with Crippen LogP contribution in [-0.2, 0) is 0 Å². The number of ether oxygens (including phenoxy) is 1. The molecule has 0 spiro atoms. The molecule has 0 saturated carbocycles. The van der Waals surface area contributed by atoms with Crippen molar-refractivity contribution in [3.8, 4) is 5.75 Å². The average Bonchev–Trinajstić information content (AvgIpc) is 2.60. The minimum Gasteiger partial charge on any atom is -0.496 e. The van der Waals surface area contributed by atoms with Crippen LogP contribution in [0.1, 0.15) is 17.0 Å². The molecule has 0 aliphatic heterocycles. The first kappa shape index (κ1) is 8.11. The SMILES string of the molecule is C=CC1C=Cc2cccc(OC)c21. The third-order valence-corrected chi connectivity index (χ3v) is 2.39. The van der Waals surface area contributed by atoms with E-state index in [9.17, 15) is 0 Å². The summed E-state index contributed by atoms with van der Waals surface area (Å²) in [5, 5.41) is 0. The lowest BCUT2D eigenvalue weighted by atomic mass is 10.00. The molecule has 0 fully saturated rings. The second kappa shape index (κ2) is 3.09. The summed E-state index contributed by atoms with van der Waals surface area (Å²) in [5.74, 6) is 1.26. The average molecular weight is 172 g/mol. The zero-order valence-electron chi connectivity index (χ0n) is 7.66. The van der Waals surface area contributed by atoms with E-state index in [1.807, 2.05) is 18.2 Å². The van der Waals surface area contributed by atoms with Crippen LogP contribution in [0.5, 0.6) is 5.75 Å². The summed E-state index contributed by atoms with van der Waals surface area (Å²) in [6.45, 7) is 3.81. The number of methoxy groups -OCH3 is 1. The van der Waals surface area contributed by atoms with Crippen molar-refractivity contribution in [2.45, 2.75) is 5.92 Å². The van der Waals surface area contributed by atoms with Crippen molar-refractivity contribution in [1.82, 2.24) is 0 Å². The normalized spacial score (nSPS) is 18.4. The van der Waals surface area contributed by atoms with Crippen LogP contribution in [0.2, 0.25) is 0 Å². The minimum absolute atomic E-state index is 0.311. The van der Waals surface area contributed by atoms with Crippen molar-refractivity contribution in [3.05, 3.63) is 48.1 Å². The Hall–Kier alpha value is -1.50. The fraction of sp³-hybridized carbons (Fsp3) is 0.167. The number of hydrogen-bond donors (Lipinski definition) is 0. The van der Waals surface area contributed by atoms with Gasteiger partial charge in [-0.15, -0.1) is 6.58 Å². The Labute approximate surface area is 78.3 Å². The van der Waals surface area contributed by atoms with Crippen LogP contribution in [0.3, 0.4) is 0 Å². The fourth-order valence-corrected chi connectivity index (χ4v) is 1.74. The molecule has 13 heavy (non-hydrogen) atoms. The number of hydrogen-bond acceptors (Lipinski definition) is 1. The summed E-state index contributed by atoms with van der Waals surface area (Å²) in [4.78, 5) is 0. The van der Waals surface area contributed by atoms with Gasteiger partial charge in [0.25, 0.3) is 0 Å². The highest BCUT2D eigenvalue weighted by Gasteiger charge is 2.18. The molecule has 1 atom stereocenters. The lowest BCUT2D eigenvalue weighted by Crippen LogP contribution is -1.94. The molecule has 0 heterocycles. The van der Waals surface area contributed by atoms with Crippen molar-refractivity contribution in [1.29, 1.82) is 0 Å². The molecule has 0 aromatic heterocycles. The van der Waals surface area contributed by atoms with E-state index in [2.05, 4.69) is 24.8 Å². The van der Waals surface area contributed by atoms with Crippen LogP contribution in [0, 0.1) is 0 Å². The molecule has 1 heteroatoms. The van der Waals surface area contributed by atoms with E-state index in [0.717, 1.165) is 5.75 Å². The van der Waals surface area contributed by atoms with Crippen molar-refractivity contribution in [2.24, 2.45) is 0 Å². The second-order valence-corrected chi connectivity index (χ2v) is 3.08. The molecule has 0 amide bonds. The smallest absolute Gasteiger partial charge is 0.123 e. The molecule has 0 bridgehead atoms. The number of allylic oxidation sites excluding steroid dienone is 2. The highest BCUT2D eigenvalue weighted by atomic mass is 16.5. The number of benzene rings is 1. The topological polar surface area (TPSA) is 9.23 Å². The van der Waals surface area contributed by atoms with Crippen LogP contribution < -0.4 is 4.74 Å². The molecule has 1 aliphatic carbocycles. The van der Waals surface area contributed by atoms with Gasteiger partial charge < -0.3 is 4.74 Å². The molecule has 2 rings (SSSR count). The van der Waals surface area contributed by atoms with Crippen LogP contribution in [0.15, 0.2) is 36.9 Å². The fourth-order valence-electron chi connectivity index (χ4n) is 1.74. The second-order valence-electron chi connectivity index (χ2n) is 3.08. The van der Waals surface area contributed by atoms with E-state index in [1.165, 1.54) is 11.1 Å². The molecule has 0 N–H and O–H groups in total. The molecule has 1 nitrogen and oxygen atoms in total. The van der Waals surface area contributed by atoms with E-state index in [1.54, 1.807) is 7.11 Å². The van der Waals surface area contributed by atoms with Gasteiger partial charge in [0, 0.05) is 11.5 Å². The van der Waals surface area contributed by atoms with Crippen molar-refractivity contribution < 1.29 is 4.74 Å². The standard InChI is InChI=1S/C12H12O/c1-3-9-7-8-10-5-4-6-11(13-2)12(9)10/h3-9H,1H2,2H3. The predicted molar refractivity (Wildman–Crippen MR) is 55.0 cm³/mol. The van der Waals surface area contributed by atoms with Crippen molar-refractivity contribution in [2.75, 3.05) is 7.11 Å². The highest BCUT2D eigenvalue weighted by Crippen LogP contribution is 2.37. The Morgan fingerprint density at radius 1 is 1.46 bits per heavy atom. The maximum atomic E-state index is 5.30. The van der Waals surface area contributed by atoms with Crippen LogP contribution in [-0.4, -0.2) is 7.11 Å². The van der Waals surface area contributed by atoms with Gasteiger partial charge in [0.2, 0.25) is 0 Å². The van der Waals surface area contributed by atoms with Gasteiger partial charge in [0.15, 0.2) is 0 Å². The molecule has 1 aliphatic rings. The molecule has 1 aromatic carbocycles. The molecule has 1 aromatic rings. The predicted octanol–water partition coefficient (Wildman–Crippen LogP) is 2.99. The first-order valence-corrected chi connectivity index (χ1v) is 4.34. The van der Waals surface area contributed by atoms with Crippen molar-refractivity contribution in [3.63, 3.8) is 0 Å².